The summed E-state index contributed by atoms with van der Waals surface area (Å²) in [5, 5.41) is 0.322. The Labute approximate surface area is 129 Å². The summed E-state index contributed by atoms with van der Waals surface area (Å²) in [5.74, 6) is -0.650. The second-order valence-electron chi connectivity index (χ2n) is 3.58. The summed E-state index contributed by atoms with van der Waals surface area (Å²) >= 11 is 17.7. The van der Waals surface area contributed by atoms with E-state index in [4.69, 9.17) is 39.5 Å². The fourth-order valence-electron chi connectivity index (χ4n) is 1.45. The first-order chi connectivity index (χ1) is 9.54. The number of carbonyl (C=O) groups is 1. The molecule has 0 atom stereocenters. The molecule has 0 N–H and O–H groups in total. The molecule has 0 fully saturated rings. The van der Waals surface area contributed by atoms with E-state index in [9.17, 15) is 4.79 Å². The molecule has 2 aromatic rings. The minimum absolute atomic E-state index is 0.0384. The highest BCUT2D eigenvalue weighted by Gasteiger charge is 2.18. The van der Waals surface area contributed by atoms with Gasteiger partial charge in [-0.1, -0.05) is 34.8 Å². The summed E-state index contributed by atoms with van der Waals surface area (Å²) in [6, 6.07) is 1.61. The maximum absolute atomic E-state index is 11.7. The van der Waals surface area contributed by atoms with Gasteiger partial charge in [-0.25, -0.2) is 19.7 Å². The number of aromatic nitrogens is 3. The summed E-state index contributed by atoms with van der Waals surface area (Å²) < 4.78 is 4.86. The minimum atomic E-state index is -0.650. The number of pyridine rings is 1. The Morgan fingerprint density at radius 1 is 1.25 bits per heavy atom. The van der Waals surface area contributed by atoms with E-state index in [1.165, 1.54) is 12.4 Å². The zero-order chi connectivity index (χ0) is 14.7. The lowest BCUT2D eigenvalue weighted by Gasteiger charge is -2.07. The maximum Gasteiger partial charge on any atom is 0.360 e. The van der Waals surface area contributed by atoms with Gasteiger partial charge in [-0.3, -0.25) is 0 Å². The molecule has 0 saturated carbocycles. The van der Waals surface area contributed by atoms with Crippen LogP contribution < -0.4 is 0 Å². The quantitative estimate of drug-likeness (QED) is 0.633. The van der Waals surface area contributed by atoms with E-state index < -0.39 is 5.97 Å². The van der Waals surface area contributed by atoms with Gasteiger partial charge in [-0.15, -0.1) is 0 Å². The van der Waals surface area contributed by atoms with Crippen LogP contribution in [-0.4, -0.2) is 27.5 Å². The number of nitrogens with zero attached hydrogens (tertiary/aromatic N) is 3. The number of ether oxygens (including phenoxy) is 1. The number of halogens is 3. The van der Waals surface area contributed by atoms with E-state index in [-0.39, 0.29) is 27.6 Å². The lowest BCUT2D eigenvalue weighted by molar-refractivity contribution is 0.0519. The third-order valence-corrected chi connectivity index (χ3v) is 3.36. The number of esters is 1. The van der Waals surface area contributed by atoms with Crippen LogP contribution in [0.1, 0.15) is 17.4 Å². The monoisotopic (exact) mass is 331 g/mol. The zero-order valence-electron chi connectivity index (χ0n) is 10.2. The molecule has 5 nitrogen and oxygen atoms in total. The van der Waals surface area contributed by atoms with Crippen molar-refractivity contribution in [2.24, 2.45) is 0 Å². The smallest absolute Gasteiger partial charge is 0.360 e. The third kappa shape index (κ3) is 3.00. The Hall–Kier alpha value is -1.43. The molecule has 0 unspecified atom stereocenters. The third-order valence-electron chi connectivity index (χ3n) is 2.32. The van der Waals surface area contributed by atoms with Gasteiger partial charge in [0.2, 0.25) is 0 Å². The normalized spacial score (nSPS) is 10.4. The molecule has 0 spiro atoms. The van der Waals surface area contributed by atoms with Crippen molar-refractivity contribution in [1.82, 2.24) is 15.0 Å². The van der Waals surface area contributed by atoms with E-state index in [0.29, 0.717) is 11.3 Å². The molecule has 0 aromatic carbocycles. The second kappa shape index (κ2) is 6.35. The SMILES string of the molecule is CCOC(=O)c1nc(-c2ccnc(Cl)c2Cl)cnc1Cl. The molecule has 2 rings (SSSR count). The van der Waals surface area contributed by atoms with Crippen LogP contribution in [0.5, 0.6) is 0 Å². The fourth-order valence-corrected chi connectivity index (χ4v) is 1.98. The van der Waals surface area contributed by atoms with Crippen molar-refractivity contribution in [2.75, 3.05) is 6.61 Å². The molecular formula is C12H8Cl3N3O2. The van der Waals surface area contributed by atoms with Crippen molar-refractivity contribution in [3.05, 3.63) is 39.5 Å². The topological polar surface area (TPSA) is 65.0 Å². The predicted molar refractivity (Wildman–Crippen MR) is 76.2 cm³/mol. The van der Waals surface area contributed by atoms with Gasteiger partial charge in [-0.2, -0.15) is 0 Å². The molecule has 0 aliphatic carbocycles. The van der Waals surface area contributed by atoms with Crippen molar-refractivity contribution in [3.63, 3.8) is 0 Å². The first kappa shape index (κ1) is 15.0. The summed E-state index contributed by atoms with van der Waals surface area (Å²) in [7, 11) is 0. The zero-order valence-corrected chi connectivity index (χ0v) is 12.5. The number of hydrogen-bond acceptors (Lipinski definition) is 5. The van der Waals surface area contributed by atoms with Crippen molar-refractivity contribution >= 4 is 40.8 Å². The Bertz CT molecular complexity index is 664. The Balaban J connectivity index is 2.51. The fraction of sp³-hybridized carbons (Fsp3) is 0.167. The highest BCUT2D eigenvalue weighted by Crippen LogP contribution is 2.31. The van der Waals surface area contributed by atoms with Crippen LogP contribution in [0, 0.1) is 0 Å². The molecule has 8 heteroatoms. The van der Waals surface area contributed by atoms with Crippen LogP contribution in [0.4, 0.5) is 0 Å². The van der Waals surface area contributed by atoms with E-state index >= 15 is 0 Å². The first-order valence-corrected chi connectivity index (χ1v) is 6.68. The number of rotatable bonds is 3. The van der Waals surface area contributed by atoms with Crippen LogP contribution in [0.2, 0.25) is 15.3 Å². The molecule has 20 heavy (non-hydrogen) atoms. The molecule has 0 aliphatic rings. The Morgan fingerprint density at radius 2 is 2.00 bits per heavy atom. The maximum atomic E-state index is 11.7. The van der Waals surface area contributed by atoms with Crippen molar-refractivity contribution < 1.29 is 9.53 Å². The highest BCUT2D eigenvalue weighted by atomic mass is 35.5. The van der Waals surface area contributed by atoms with Gasteiger partial charge >= 0.3 is 5.97 Å². The summed E-state index contributed by atoms with van der Waals surface area (Å²) in [6.07, 6.45) is 2.87. The lowest BCUT2D eigenvalue weighted by atomic mass is 10.2. The predicted octanol–water partition coefficient (Wildman–Crippen LogP) is 3.68. The van der Waals surface area contributed by atoms with Crippen LogP contribution in [-0.2, 0) is 4.74 Å². The standard InChI is InChI=1S/C12H8Cl3N3O2/c1-2-20-12(19)9-11(15)17-5-7(18-9)6-3-4-16-10(14)8(6)13/h3-5H,2H2,1H3. The van der Waals surface area contributed by atoms with Gasteiger partial charge in [0, 0.05) is 11.8 Å². The average molecular weight is 333 g/mol. The van der Waals surface area contributed by atoms with Gasteiger partial charge in [0.15, 0.2) is 10.8 Å². The minimum Gasteiger partial charge on any atom is -0.461 e. The molecule has 0 amide bonds. The first-order valence-electron chi connectivity index (χ1n) is 5.54. The number of hydrogen-bond donors (Lipinski definition) is 0. The molecule has 2 aromatic heterocycles. The largest absolute Gasteiger partial charge is 0.461 e. The van der Waals surface area contributed by atoms with Gasteiger partial charge in [-0.05, 0) is 13.0 Å². The van der Waals surface area contributed by atoms with Gasteiger partial charge < -0.3 is 4.74 Å². The van der Waals surface area contributed by atoms with Crippen molar-refractivity contribution in [1.29, 1.82) is 0 Å². The van der Waals surface area contributed by atoms with Crippen LogP contribution in [0.3, 0.4) is 0 Å². The van der Waals surface area contributed by atoms with Gasteiger partial charge in [0.05, 0.1) is 23.5 Å². The molecule has 0 radical (unpaired) electrons. The van der Waals surface area contributed by atoms with Crippen molar-refractivity contribution in [2.45, 2.75) is 6.92 Å². The Morgan fingerprint density at radius 3 is 2.70 bits per heavy atom. The van der Waals surface area contributed by atoms with E-state index in [2.05, 4.69) is 15.0 Å². The van der Waals surface area contributed by atoms with Crippen molar-refractivity contribution in [3.8, 4) is 11.3 Å². The second-order valence-corrected chi connectivity index (χ2v) is 4.67. The van der Waals surface area contributed by atoms with E-state index in [0.717, 1.165) is 0 Å². The summed E-state index contributed by atoms with van der Waals surface area (Å²) in [4.78, 5) is 23.6. The van der Waals surface area contributed by atoms with Crippen LogP contribution in [0.25, 0.3) is 11.3 Å². The molecule has 2 heterocycles. The van der Waals surface area contributed by atoms with Gasteiger partial charge in [0.25, 0.3) is 0 Å². The average Bonchev–Trinajstić information content (AvgIpc) is 2.43. The summed E-state index contributed by atoms with van der Waals surface area (Å²) in [6.45, 7) is 1.89. The highest BCUT2D eigenvalue weighted by molar-refractivity contribution is 6.42. The molecule has 0 saturated heterocycles. The van der Waals surface area contributed by atoms with Crippen LogP contribution in [0.15, 0.2) is 18.5 Å². The van der Waals surface area contributed by atoms with E-state index in [1.807, 2.05) is 0 Å². The lowest BCUT2D eigenvalue weighted by Crippen LogP contribution is -2.09. The molecule has 104 valence electrons. The molecule has 0 aliphatic heterocycles. The number of carbonyl (C=O) groups excluding carboxylic acids is 1. The molecule has 0 bridgehead atoms. The molecular weight excluding hydrogens is 325 g/mol. The van der Waals surface area contributed by atoms with Crippen LogP contribution >= 0.6 is 34.8 Å². The Kier molecular flexibility index (Phi) is 4.75. The summed E-state index contributed by atoms with van der Waals surface area (Å²) in [5.41, 5.74) is 0.781. The van der Waals surface area contributed by atoms with E-state index in [1.54, 1.807) is 13.0 Å². The van der Waals surface area contributed by atoms with Gasteiger partial charge in [0.1, 0.15) is 5.15 Å².